The van der Waals surface area contributed by atoms with Gasteiger partial charge in [-0.2, -0.15) is 10.2 Å². The minimum absolute atomic E-state index is 0.424. The first-order valence-electron chi connectivity index (χ1n) is 4.87. The van der Waals surface area contributed by atoms with Crippen LogP contribution >= 0.6 is 0 Å². The van der Waals surface area contributed by atoms with E-state index in [0.29, 0.717) is 25.7 Å². The molecule has 0 saturated heterocycles. The van der Waals surface area contributed by atoms with Gasteiger partial charge in [0.05, 0.1) is 18.8 Å². The van der Waals surface area contributed by atoms with Crippen molar-refractivity contribution >= 4 is 5.96 Å². The molecule has 0 saturated carbocycles. The van der Waals surface area contributed by atoms with E-state index in [1.54, 1.807) is 13.3 Å². The molecule has 0 radical (unpaired) electrons. The van der Waals surface area contributed by atoms with Crippen molar-refractivity contribution < 1.29 is 4.74 Å². The Morgan fingerprint density at radius 3 is 3.12 bits per heavy atom. The molecule has 0 amide bonds. The Labute approximate surface area is 94.1 Å². The monoisotopic (exact) mass is 224 g/mol. The van der Waals surface area contributed by atoms with Crippen LogP contribution in [-0.2, 0) is 11.3 Å². The van der Waals surface area contributed by atoms with Crippen molar-refractivity contribution in [2.75, 3.05) is 20.3 Å². The molecule has 0 aromatic carbocycles. The maximum absolute atomic E-state index is 5.30. The Hall–Kier alpha value is -1.73. The van der Waals surface area contributed by atoms with Gasteiger partial charge in [0, 0.05) is 19.9 Å². The number of aliphatic imine (C=N–C) groups is 1. The van der Waals surface area contributed by atoms with Crippen molar-refractivity contribution in [2.45, 2.75) is 6.54 Å². The van der Waals surface area contributed by atoms with Gasteiger partial charge in [0.2, 0.25) is 5.96 Å². The summed E-state index contributed by atoms with van der Waals surface area (Å²) >= 11 is 0. The molecule has 0 aliphatic carbocycles. The molecule has 7 heteroatoms. The van der Waals surface area contributed by atoms with E-state index in [9.17, 15) is 0 Å². The maximum Gasteiger partial charge on any atom is 0.206 e. The van der Waals surface area contributed by atoms with Gasteiger partial charge in [0.15, 0.2) is 0 Å². The van der Waals surface area contributed by atoms with Crippen molar-refractivity contribution in [3.05, 3.63) is 24.0 Å². The van der Waals surface area contributed by atoms with Crippen LogP contribution in [0.1, 0.15) is 5.69 Å². The largest absolute Gasteiger partial charge is 0.383 e. The van der Waals surface area contributed by atoms with Crippen LogP contribution in [0.3, 0.4) is 0 Å². The third kappa shape index (κ3) is 4.67. The van der Waals surface area contributed by atoms with Crippen molar-refractivity contribution in [1.82, 2.24) is 20.9 Å². The van der Waals surface area contributed by atoms with E-state index >= 15 is 0 Å². The van der Waals surface area contributed by atoms with E-state index in [-0.39, 0.29) is 0 Å². The molecule has 0 unspecified atom stereocenters. The Balaban J connectivity index is 2.40. The lowest BCUT2D eigenvalue weighted by Crippen LogP contribution is -2.42. The Kier molecular flexibility index (Phi) is 5.82. The zero-order valence-electron chi connectivity index (χ0n) is 9.18. The van der Waals surface area contributed by atoms with E-state index < -0.39 is 0 Å². The number of methoxy groups -OCH3 is 1. The zero-order valence-corrected chi connectivity index (χ0v) is 9.18. The normalized spacial score (nSPS) is 11.2. The summed E-state index contributed by atoms with van der Waals surface area (Å²) in [5.74, 6) is 5.80. The number of rotatable bonds is 5. The summed E-state index contributed by atoms with van der Waals surface area (Å²) in [4.78, 5) is 4.20. The molecule has 0 bridgehead atoms. The summed E-state index contributed by atoms with van der Waals surface area (Å²) in [7, 11) is 1.63. The number of nitrogens with two attached hydrogens (primary N) is 1. The third-order valence-electron chi connectivity index (χ3n) is 1.76. The second-order valence-corrected chi connectivity index (χ2v) is 2.94. The lowest BCUT2D eigenvalue weighted by atomic mass is 10.4. The molecule has 1 aromatic rings. The van der Waals surface area contributed by atoms with Gasteiger partial charge in [0.25, 0.3) is 0 Å². The minimum Gasteiger partial charge on any atom is -0.383 e. The van der Waals surface area contributed by atoms with Crippen LogP contribution in [0.15, 0.2) is 23.3 Å². The topological polar surface area (TPSA) is 97.4 Å². The van der Waals surface area contributed by atoms with E-state index in [0.717, 1.165) is 5.69 Å². The number of hydrogen-bond donors (Lipinski definition) is 3. The Bertz CT molecular complexity index is 315. The highest BCUT2D eigenvalue weighted by Crippen LogP contribution is 1.92. The average molecular weight is 224 g/mol. The molecule has 0 atom stereocenters. The highest BCUT2D eigenvalue weighted by molar-refractivity contribution is 5.79. The Morgan fingerprint density at radius 1 is 1.62 bits per heavy atom. The van der Waals surface area contributed by atoms with Crippen LogP contribution in [0, 0.1) is 0 Å². The van der Waals surface area contributed by atoms with Gasteiger partial charge in [-0.3, -0.25) is 5.43 Å². The van der Waals surface area contributed by atoms with Gasteiger partial charge >= 0.3 is 0 Å². The second kappa shape index (κ2) is 7.55. The molecular weight excluding hydrogens is 208 g/mol. The van der Waals surface area contributed by atoms with Gasteiger partial charge in [-0.15, -0.1) is 0 Å². The van der Waals surface area contributed by atoms with E-state index in [1.807, 2.05) is 12.1 Å². The zero-order chi connectivity index (χ0) is 11.6. The highest BCUT2D eigenvalue weighted by atomic mass is 16.5. The summed E-state index contributed by atoms with van der Waals surface area (Å²) in [6.45, 7) is 1.65. The van der Waals surface area contributed by atoms with Crippen LogP contribution in [0.5, 0.6) is 0 Å². The maximum atomic E-state index is 5.30. The summed E-state index contributed by atoms with van der Waals surface area (Å²) in [6, 6.07) is 3.66. The molecule has 1 aromatic heterocycles. The summed E-state index contributed by atoms with van der Waals surface area (Å²) in [6.07, 6.45) is 1.62. The van der Waals surface area contributed by atoms with Crippen LogP contribution in [0.25, 0.3) is 0 Å². The quantitative estimate of drug-likeness (QED) is 0.196. The molecule has 0 fully saturated rings. The summed E-state index contributed by atoms with van der Waals surface area (Å²) in [5, 5.41) is 10.6. The number of nitrogens with one attached hydrogen (secondary N) is 2. The fraction of sp³-hybridized carbons (Fsp3) is 0.444. The number of nitrogens with zero attached hydrogens (tertiary/aromatic N) is 3. The predicted octanol–water partition coefficient (Wildman–Crippen LogP) is -0.968. The summed E-state index contributed by atoms with van der Waals surface area (Å²) in [5.41, 5.74) is 3.25. The first-order valence-corrected chi connectivity index (χ1v) is 4.87. The predicted molar refractivity (Wildman–Crippen MR) is 60.4 cm³/mol. The van der Waals surface area contributed by atoms with Crippen molar-refractivity contribution in [2.24, 2.45) is 10.8 Å². The smallest absolute Gasteiger partial charge is 0.206 e. The number of hydrazine groups is 1. The SMILES string of the molecule is COCCNC(=NCc1cccnn1)NN. The third-order valence-corrected chi connectivity index (χ3v) is 1.76. The van der Waals surface area contributed by atoms with E-state index in [4.69, 9.17) is 10.6 Å². The summed E-state index contributed by atoms with van der Waals surface area (Å²) < 4.78 is 4.89. The minimum atomic E-state index is 0.424. The molecule has 16 heavy (non-hydrogen) atoms. The van der Waals surface area contributed by atoms with E-state index in [2.05, 4.69) is 25.9 Å². The molecule has 0 aliphatic heterocycles. The van der Waals surface area contributed by atoms with Crippen molar-refractivity contribution in [3.63, 3.8) is 0 Å². The van der Waals surface area contributed by atoms with Gasteiger partial charge in [-0.05, 0) is 12.1 Å². The standard InChI is InChI=1S/C9H16N6O/c1-16-6-5-11-9(14-10)12-7-8-3-2-4-13-15-8/h2-4H,5-7,10H2,1H3,(H2,11,12,14). The lowest BCUT2D eigenvalue weighted by Gasteiger charge is -2.07. The number of ether oxygens (including phenoxy) is 1. The van der Waals surface area contributed by atoms with Gasteiger partial charge in [-0.1, -0.05) is 0 Å². The van der Waals surface area contributed by atoms with Crippen LogP contribution in [0.2, 0.25) is 0 Å². The molecule has 7 nitrogen and oxygen atoms in total. The van der Waals surface area contributed by atoms with Crippen LogP contribution < -0.4 is 16.6 Å². The molecule has 88 valence electrons. The van der Waals surface area contributed by atoms with Crippen molar-refractivity contribution in [1.29, 1.82) is 0 Å². The number of guanidine groups is 1. The first-order chi connectivity index (χ1) is 7.86. The molecule has 4 N–H and O–H groups in total. The molecule has 1 heterocycles. The highest BCUT2D eigenvalue weighted by Gasteiger charge is 1.96. The van der Waals surface area contributed by atoms with Crippen molar-refractivity contribution in [3.8, 4) is 0 Å². The number of aromatic nitrogens is 2. The molecule has 0 aliphatic rings. The fourth-order valence-electron chi connectivity index (χ4n) is 1.00. The van der Waals surface area contributed by atoms with Gasteiger partial charge in [-0.25, -0.2) is 10.8 Å². The average Bonchev–Trinajstić information content (AvgIpc) is 2.35. The van der Waals surface area contributed by atoms with Gasteiger partial charge in [0.1, 0.15) is 0 Å². The van der Waals surface area contributed by atoms with E-state index in [1.165, 1.54) is 0 Å². The van der Waals surface area contributed by atoms with Gasteiger partial charge < -0.3 is 10.1 Å². The fourth-order valence-corrected chi connectivity index (χ4v) is 1.00. The second-order valence-electron chi connectivity index (χ2n) is 2.94. The Morgan fingerprint density at radius 2 is 2.50 bits per heavy atom. The van der Waals surface area contributed by atoms with Crippen LogP contribution in [0.4, 0.5) is 0 Å². The lowest BCUT2D eigenvalue weighted by molar-refractivity contribution is 0.203. The molecular formula is C9H16N6O. The first kappa shape index (κ1) is 12.3. The molecule has 1 rings (SSSR count). The number of hydrogen-bond acceptors (Lipinski definition) is 5. The molecule has 0 spiro atoms. The van der Waals surface area contributed by atoms with Crippen LogP contribution in [-0.4, -0.2) is 36.4 Å².